The summed E-state index contributed by atoms with van der Waals surface area (Å²) in [5, 5.41) is 5.34. The SMILES string of the molecule is CNC(C)c1ccc(N(C)C(C)c2cccs2)nc1. The number of aromatic nitrogens is 1. The summed E-state index contributed by atoms with van der Waals surface area (Å²) in [5.74, 6) is 1.01. The van der Waals surface area contributed by atoms with Gasteiger partial charge in [-0.15, -0.1) is 11.3 Å². The summed E-state index contributed by atoms with van der Waals surface area (Å²) in [4.78, 5) is 8.14. The van der Waals surface area contributed by atoms with Crippen LogP contribution in [0.1, 0.15) is 36.4 Å². The fourth-order valence-electron chi connectivity index (χ4n) is 1.95. The first-order chi connectivity index (χ1) is 9.13. The summed E-state index contributed by atoms with van der Waals surface area (Å²) in [5.41, 5.74) is 1.21. The van der Waals surface area contributed by atoms with Crippen molar-refractivity contribution in [2.45, 2.75) is 25.9 Å². The molecule has 0 radical (unpaired) electrons. The molecule has 0 aliphatic carbocycles. The van der Waals surface area contributed by atoms with Crippen LogP contribution < -0.4 is 10.2 Å². The molecule has 0 aliphatic heterocycles. The Morgan fingerprint density at radius 3 is 2.58 bits per heavy atom. The average Bonchev–Trinajstić information content (AvgIpc) is 2.99. The Hall–Kier alpha value is -1.39. The molecule has 2 unspecified atom stereocenters. The standard InChI is InChI=1S/C15H21N3S/c1-11(16-3)13-7-8-15(17-10-13)18(4)12(2)14-6-5-9-19-14/h5-12,16H,1-4H3. The van der Waals surface area contributed by atoms with Crippen molar-refractivity contribution in [2.24, 2.45) is 0 Å². The van der Waals surface area contributed by atoms with Gasteiger partial charge >= 0.3 is 0 Å². The number of hydrogen-bond donors (Lipinski definition) is 1. The molecule has 0 aromatic carbocycles. The molecule has 0 aliphatic rings. The minimum atomic E-state index is 0.335. The maximum atomic E-state index is 4.57. The summed E-state index contributed by atoms with van der Waals surface area (Å²) in [6.45, 7) is 4.34. The van der Waals surface area contributed by atoms with E-state index >= 15 is 0 Å². The van der Waals surface area contributed by atoms with Crippen molar-refractivity contribution >= 4 is 17.2 Å². The zero-order valence-electron chi connectivity index (χ0n) is 11.9. The van der Waals surface area contributed by atoms with E-state index in [0.717, 1.165) is 5.82 Å². The van der Waals surface area contributed by atoms with Gasteiger partial charge in [-0.25, -0.2) is 4.98 Å². The number of nitrogens with one attached hydrogen (secondary N) is 1. The highest BCUT2D eigenvalue weighted by Gasteiger charge is 2.14. The van der Waals surface area contributed by atoms with Gasteiger partial charge < -0.3 is 10.2 Å². The minimum absolute atomic E-state index is 0.335. The Morgan fingerprint density at radius 1 is 1.26 bits per heavy atom. The molecule has 0 amide bonds. The Balaban J connectivity index is 2.13. The second-order valence-electron chi connectivity index (χ2n) is 4.76. The highest BCUT2D eigenvalue weighted by atomic mass is 32.1. The van der Waals surface area contributed by atoms with Crippen molar-refractivity contribution < 1.29 is 0 Å². The number of rotatable bonds is 5. The number of anilines is 1. The third kappa shape index (κ3) is 3.14. The van der Waals surface area contributed by atoms with Crippen LogP contribution in [0.4, 0.5) is 5.82 Å². The topological polar surface area (TPSA) is 28.2 Å². The summed E-state index contributed by atoms with van der Waals surface area (Å²) in [6, 6.07) is 9.18. The van der Waals surface area contributed by atoms with Gasteiger partial charge in [0.05, 0.1) is 6.04 Å². The lowest BCUT2D eigenvalue weighted by Gasteiger charge is -2.25. The second-order valence-corrected chi connectivity index (χ2v) is 5.74. The van der Waals surface area contributed by atoms with E-state index in [2.05, 4.69) is 65.7 Å². The van der Waals surface area contributed by atoms with Crippen LogP contribution in [0, 0.1) is 0 Å². The van der Waals surface area contributed by atoms with E-state index in [-0.39, 0.29) is 0 Å². The predicted octanol–water partition coefficient (Wildman–Crippen LogP) is 3.62. The highest BCUT2D eigenvalue weighted by molar-refractivity contribution is 7.10. The second kappa shape index (κ2) is 6.17. The van der Waals surface area contributed by atoms with Gasteiger partial charge in [-0.05, 0) is 44.0 Å². The molecule has 0 spiro atoms. The molecular weight excluding hydrogens is 254 g/mol. The fourth-order valence-corrected chi connectivity index (χ4v) is 2.77. The predicted molar refractivity (Wildman–Crippen MR) is 82.8 cm³/mol. The lowest BCUT2D eigenvalue weighted by atomic mass is 10.1. The minimum Gasteiger partial charge on any atom is -0.352 e. The molecule has 0 bridgehead atoms. The molecule has 2 aromatic rings. The molecule has 4 heteroatoms. The van der Waals surface area contributed by atoms with E-state index in [1.54, 1.807) is 11.3 Å². The lowest BCUT2D eigenvalue weighted by Crippen LogP contribution is -2.22. The third-order valence-corrected chi connectivity index (χ3v) is 4.64. The first-order valence-electron chi connectivity index (χ1n) is 6.53. The highest BCUT2D eigenvalue weighted by Crippen LogP contribution is 2.27. The lowest BCUT2D eigenvalue weighted by molar-refractivity contribution is 0.648. The van der Waals surface area contributed by atoms with Crippen molar-refractivity contribution in [1.82, 2.24) is 10.3 Å². The Bertz CT molecular complexity index is 493. The summed E-state index contributed by atoms with van der Waals surface area (Å²) >= 11 is 1.79. The summed E-state index contributed by atoms with van der Waals surface area (Å²) in [6.07, 6.45) is 1.95. The van der Waals surface area contributed by atoms with Crippen LogP contribution in [0.2, 0.25) is 0 Å². The molecule has 19 heavy (non-hydrogen) atoms. The van der Waals surface area contributed by atoms with Gasteiger partial charge in [0.25, 0.3) is 0 Å². The maximum absolute atomic E-state index is 4.57. The molecule has 102 valence electrons. The average molecular weight is 275 g/mol. The van der Waals surface area contributed by atoms with Crippen molar-refractivity contribution in [1.29, 1.82) is 0 Å². The smallest absolute Gasteiger partial charge is 0.128 e. The van der Waals surface area contributed by atoms with E-state index in [4.69, 9.17) is 0 Å². The van der Waals surface area contributed by atoms with Gasteiger partial charge in [0.2, 0.25) is 0 Å². The zero-order valence-corrected chi connectivity index (χ0v) is 12.7. The van der Waals surface area contributed by atoms with Gasteiger partial charge in [-0.1, -0.05) is 12.1 Å². The number of thiophene rings is 1. The third-order valence-electron chi connectivity index (χ3n) is 3.60. The molecule has 0 fully saturated rings. The molecule has 2 atom stereocenters. The van der Waals surface area contributed by atoms with E-state index in [1.807, 2.05) is 13.2 Å². The van der Waals surface area contributed by atoms with Crippen LogP contribution in [-0.2, 0) is 0 Å². The van der Waals surface area contributed by atoms with Crippen molar-refractivity contribution in [2.75, 3.05) is 19.0 Å². The van der Waals surface area contributed by atoms with Gasteiger partial charge in [0.15, 0.2) is 0 Å². The van der Waals surface area contributed by atoms with Gasteiger partial charge in [0, 0.05) is 24.2 Å². The van der Waals surface area contributed by atoms with Crippen molar-refractivity contribution in [3.05, 3.63) is 46.3 Å². The molecule has 3 nitrogen and oxygen atoms in total. The Morgan fingerprint density at radius 2 is 2.05 bits per heavy atom. The van der Waals surface area contributed by atoms with Crippen LogP contribution in [0.5, 0.6) is 0 Å². The fraction of sp³-hybridized carbons (Fsp3) is 0.400. The number of hydrogen-bond acceptors (Lipinski definition) is 4. The van der Waals surface area contributed by atoms with Crippen molar-refractivity contribution in [3.8, 4) is 0 Å². The molecule has 2 aromatic heterocycles. The van der Waals surface area contributed by atoms with E-state index < -0.39 is 0 Å². The summed E-state index contributed by atoms with van der Waals surface area (Å²) in [7, 11) is 4.05. The van der Waals surface area contributed by atoms with Crippen molar-refractivity contribution in [3.63, 3.8) is 0 Å². The Kier molecular flexibility index (Phi) is 4.56. The van der Waals surface area contributed by atoms with E-state index in [9.17, 15) is 0 Å². The normalized spacial score (nSPS) is 14.1. The van der Waals surface area contributed by atoms with Gasteiger partial charge in [0.1, 0.15) is 5.82 Å². The van der Waals surface area contributed by atoms with Crippen LogP contribution in [0.15, 0.2) is 35.8 Å². The van der Waals surface area contributed by atoms with Gasteiger partial charge in [-0.3, -0.25) is 0 Å². The molecule has 2 heterocycles. The maximum Gasteiger partial charge on any atom is 0.128 e. The van der Waals surface area contributed by atoms with Crippen LogP contribution in [0.25, 0.3) is 0 Å². The van der Waals surface area contributed by atoms with Crippen LogP contribution >= 0.6 is 11.3 Å². The summed E-state index contributed by atoms with van der Waals surface area (Å²) < 4.78 is 0. The first-order valence-corrected chi connectivity index (χ1v) is 7.41. The first kappa shape index (κ1) is 14.0. The number of pyridine rings is 1. The molecule has 0 saturated carbocycles. The van der Waals surface area contributed by atoms with Crippen LogP contribution in [-0.4, -0.2) is 19.1 Å². The largest absolute Gasteiger partial charge is 0.352 e. The Labute approximate surface area is 119 Å². The quantitative estimate of drug-likeness (QED) is 0.903. The zero-order chi connectivity index (χ0) is 13.8. The molecule has 0 saturated heterocycles. The van der Waals surface area contributed by atoms with E-state index in [0.29, 0.717) is 12.1 Å². The number of nitrogens with zero attached hydrogens (tertiary/aromatic N) is 2. The molecule has 2 rings (SSSR count). The molecule has 1 N–H and O–H groups in total. The van der Waals surface area contributed by atoms with E-state index in [1.165, 1.54) is 10.4 Å². The monoisotopic (exact) mass is 275 g/mol. The van der Waals surface area contributed by atoms with Crippen LogP contribution in [0.3, 0.4) is 0 Å². The van der Waals surface area contributed by atoms with Gasteiger partial charge in [-0.2, -0.15) is 0 Å². The molecular formula is C15H21N3S.